The lowest BCUT2D eigenvalue weighted by molar-refractivity contribution is -0.107. The Morgan fingerprint density at radius 3 is 2.54 bits per heavy atom. The zero-order chi connectivity index (χ0) is 18.4. The van der Waals surface area contributed by atoms with Gasteiger partial charge in [-0.3, -0.25) is 0 Å². The van der Waals surface area contributed by atoms with Crippen molar-refractivity contribution < 1.29 is 0 Å². The van der Waals surface area contributed by atoms with Crippen LogP contribution in [0.25, 0.3) is 0 Å². The third-order valence-electron chi connectivity index (χ3n) is 9.56. The third-order valence-corrected chi connectivity index (χ3v) is 9.56. The van der Waals surface area contributed by atoms with Gasteiger partial charge in [-0.05, 0) is 92.3 Å². The van der Waals surface area contributed by atoms with Gasteiger partial charge >= 0.3 is 0 Å². The molecule has 0 amide bonds. The van der Waals surface area contributed by atoms with Gasteiger partial charge in [0, 0.05) is 25.2 Å². The molecule has 7 atom stereocenters. The van der Waals surface area contributed by atoms with E-state index in [9.17, 15) is 0 Å². The maximum atomic E-state index is 3.88. The Kier molecular flexibility index (Phi) is 5.47. The molecule has 2 heteroatoms. The van der Waals surface area contributed by atoms with Gasteiger partial charge in [0.15, 0.2) is 0 Å². The highest BCUT2D eigenvalue weighted by molar-refractivity contribution is 5.07. The van der Waals surface area contributed by atoms with Crippen LogP contribution in [0.15, 0.2) is 0 Å². The largest absolute Gasteiger partial charge is 0.313 e. The van der Waals surface area contributed by atoms with Gasteiger partial charge in [0.1, 0.15) is 0 Å². The highest BCUT2D eigenvalue weighted by Crippen LogP contribution is 2.66. The first-order valence-electron chi connectivity index (χ1n) is 11.9. The summed E-state index contributed by atoms with van der Waals surface area (Å²) in [6, 6.07) is 1.38. The van der Waals surface area contributed by atoms with E-state index in [2.05, 4.69) is 38.3 Å². The van der Waals surface area contributed by atoms with Crippen molar-refractivity contribution in [2.75, 3.05) is 13.1 Å². The fourth-order valence-electron chi connectivity index (χ4n) is 8.07. The van der Waals surface area contributed by atoms with Crippen molar-refractivity contribution in [1.29, 1.82) is 0 Å². The summed E-state index contributed by atoms with van der Waals surface area (Å²) in [5.41, 5.74) is 1.37. The van der Waals surface area contributed by atoms with Crippen LogP contribution in [0.4, 0.5) is 0 Å². The van der Waals surface area contributed by atoms with Gasteiger partial charge < -0.3 is 10.6 Å². The third kappa shape index (κ3) is 3.39. The van der Waals surface area contributed by atoms with Gasteiger partial charge in [-0.15, -0.1) is 0 Å². The van der Waals surface area contributed by atoms with Crippen LogP contribution in [-0.4, -0.2) is 25.2 Å². The molecular formula is C24H44N2. The molecule has 4 aliphatic rings. The second-order valence-electron chi connectivity index (χ2n) is 11.3. The standard InChI is InChI=1S/C24H44N2/c1-17(2)25-14-15-26-19-9-13-24(4)18(16-19)7-8-20-21-6-5-11-23(21,3)12-10-22(20)24/h17-22,25-26H,5-16H2,1-4H3/t18-,19?,20?,21?,22?,23+,24?/m1/s1. The fourth-order valence-corrected chi connectivity index (χ4v) is 8.07. The van der Waals surface area contributed by atoms with E-state index in [0.29, 0.717) is 16.9 Å². The first-order valence-corrected chi connectivity index (χ1v) is 11.9. The lowest BCUT2D eigenvalue weighted by Crippen LogP contribution is -2.54. The van der Waals surface area contributed by atoms with E-state index in [0.717, 1.165) is 42.8 Å². The maximum absolute atomic E-state index is 3.88. The molecule has 0 aliphatic heterocycles. The Morgan fingerprint density at radius 1 is 0.885 bits per heavy atom. The number of fused-ring (bicyclic) bond motifs is 5. The zero-order valence-electron chi connectivity index (χ0n) is 17.9. The Bertz CT molecular complexity index is 489. The maximum Gasteiger partial charge on any atom is 0.00794 e. The van der Waals surface area contributed by atoms with Gasteiger partial charge in [0.05, 0.1) is 0 Å². The van der Waals surface area contributed by atoms with Gasteiger partial charge in [-0.1, -0.05) is 34.1 Å². The molecular weight excluding hydrogens is 316 g/mol. The van der Waals surface area contributed by atoms with Gasteiger partial charge in [-0.2, -0.15) is 0 Å². The average Bonchev–Trinajstić information content (AvgIpc) is 3.00. The summed E-state index contributed by atoms with van der Waals surface area (Å²) in [7, 11) is 0. The van der Waals surface area contributed by atoms with E-state index >= 15 is 0 Å². The first kappa shape index (κ1) is 19.2. The molecule has 2 nitrogen and oxygen atoms in total. The Morgan fingerprint density at radius 2 is 1.73 bits per heavy atom. The van der Waals surface area contributed by atoms with E-state index in [1.807, 2.05) is 0 Å². The topological polar surface area (TPSA) is 24.1 Å². The van der Waals surface area contributed by atoms with E-state index < -0.39 is 0 Å². The lowest BCUT2D eigenvalue weighted by Gasteiger charge is -2.60. The van der Waals surface area contributed by atoms with Crippen molar-refractivity contribution in [3.05, 3.63) is 0 Å². The smallest absolute Gasteiger partial charge is 0.00794 e. The monoisotopic (exact) mass is 360 g/mol. The molecule has 2 N–H and O–H groups in total. The van der Waals surface area contributed by atoms with Gasteiger partial charge in [0.25, 0.3) is 0 Å². The predicted molar refractivity (Wildman–Crippen MR) is 111 cm³/mol. The van der Waals surface area contributed by atoms with Crippen LogP contribution in [0.2, 0.25) is 0 Å². The quantitative estimate of drug-likeness (QED) is 0.644. The molecule has 4 aliphatic carbocycles. The summed E-state index contributed by atoms with van der Waals surface area (Å²) in [5, 5.41) is 7.43. The van der Waals surface area contributed by atoms with Crippen LogP contribution in [0.3, 0.4) is 0 Å². The molecule has 0 aromatic heterocycles. The molecule has 0 aromatic carbocycles. The van der Waals surface area contributed by atoms with Crippen LogP contribution >= 0.6 is 0 Å². The van der Waals surface area contributed by atoms with Crippen LogP contribution in [-0.2, 0) is 0 Å². The van der Waals surface area contributed by atoms with Crippen molar-refractivity contribution in [3.63, 3.8) is 0 Å². The molecule has 0 radical (unpaired) electrons. The summed E-state index contributed by atoms with van der Waals surface area (Å²) in [6.45, 7) is 12.1. The second kappa shape index (κ2) is 7.39. The Labute approximate surface area is 162 Å². The van der Waals surface area contributed by atoms with Crippen LogP contribution < -0.4 is 10.6 Å². The summed E-state index contributed by atoms with van der Waals surface area (Å²) in [4.78, 5) is 0. The number of hydrogen-bond acceptors (Lipinski definition) is 2. The van der Waals surface area contributed by atoms with Crippen molar-refractivity contribution >= 4 is 0 Å². The fraction of sp³-hybridized carbons (Fsp3) is 1.00. The molecule has 4 fully saturated rings. The molecule has 0 aromatic rings. The minimum Gasteiger partial charge on any atom is -0.313 e. The minimum atomic E-state index is 0.606. The van der Waals surface area contributed by atoms with Crippen molar-refractivity contribution in [2.45, 2.75) is 104 Å². The summed E-state index contributed by atoms with van der Waals surface area (Å²) >= 11 is 0. The number of nitrogens with one attached hydrogen (secondary N) is 2. The van der Waals surface area contributed by atoms with Crippen LogP contribution in [0.1, 0.15) is 91.9 Å². The number of hydrogen-bond donors (Lipinski definition) is 2. The minimum absolute atomic E-state index is 0.606. The predicted octanol–water partition coefficient (Wildman–Crippen LogP) is 5.38. The van der Waals surface area contributed by atoms with Crippen molar-refractivity contribution in [1.82, 2.24) is 10.6 Å². The first-order chi connectivity index (χ1) is 12.4. The summed E-state index contributed by atoms with van der Waals surface area (Å²) in [5.74, 6) is 4.16. The van der Waals surface area contributed by atoms with E-state index in [1.54, 1.807) is 19.3 Å². The van der Waals surface area contributed by atoms with Gasteiger partial charge in [0.2, 0.25) is 0 Å². The average molecular weight is 361 g/mol. The summed E-state index contributed by atoms with van der Waals surface area (Å²) < 4.78 is 0. The molecule has 0 spiro atoms. The Hall–Kier alpha value is -0.0800. The second-order valence-corrected chi connectivity index (χ2v) is 11.3. The molecule has 0 heterocycles. The molecule has 4 saturated carbocycles. The normalized spacial score (nSPS) is 48.1. The highest BCUT2D eigenvalue weighted by Gasteiger charge is 2.57. The highest BCUT2D eigenvalue weighted by atomic mass is 15.0. The molecule has 0 saturated heterocycles. The van der Waals surface area contributed by atoms with Gasteiger partial charge in [-0.25, -0.2) is 0 Å². The SMILES string of the molecule is CC(C)NCCNC1CCC2(C)C3CC[C@]4(C)CCCC4C3CC[C@@H]2C1. The Balaban J connectivity index is 1.36. The summed E-state index contributed by atoms with van der Waals surface area (Å²) in [6.07, 6.45) is 15.1. The molecule has 4 rings (SSSR count). The molecule has 0 bridgehead atoms. The van der Waals surface area contributed by atoms with Crippen LogP contribution in [0.5, 0.6) is 0 Å². The van der Waals surface area contributed by atoms with Crippen molar-refractivity contribution in [3.8, 4) is 0 Å². The van der Waals surface area contributed by atoms with E-state index in [1.165, 1.54) is 44.9 Å². The van der Waals surface area contributed by atoms with E-state index in [-0.39, 0.29) is 0 Å². The zero-order valence-corrected chi connectivity index (χ0v) is 17.9. The molecule has 26 heavy (non-hydrogen) atoms. The molecule has 5 unspecified atom stereocenters. The lowest BCUT2D eigenvalue weighted by atomic mass is 9.45. The molecule has 150 valence electrons. The van der Waals surface area contributed by atoms with Crippen molar-refractivity contribution in [2.24, 2.45) is 34.5 Å². The number of rotatable bonds is 5. The van der Waals surface area contributed by atoms with E-state index in [4.69, 9.17) is 0 Å². The van der Waals surface area contributed by atoms with Crippen LogP contribution in [0, 0.1) is 34.5 Å².